The molecular weight excluding hydrogens is 334 g/mol. The van der Waals surface area contributed by atoms with Crippen LogP contribution in [0, 0.1) is 0 Å². The molecule has 10 heteroatoms. The Morgan fingerprint density at radius 3 is 2.96 bits per heavy atom. The molecule has 1 atom stereocenters. The standard InChI is InChI=1S/C14H15N5O4S/c20-10-3-6-18(14(23)16-10)8-11(21)19-5-1-2-9(19)12(22)17-13-15-4-7-24-13/h3-4,6-7,9H,1-2,5,8H2,(H,15,17,22)(H,16,20,23). The van der Waals surface area contributed by atoms with Crippen molar-refractivity contribution in [3.63, 3.8) is 0 Å². The smallest absolute Gasteiger partial charge is 0.328 e. The Morgan fingerprint density at radius 2 is 2.25 bits per heavy atom. The summed E-state index contributed by atoms with van der Waals surface area (Å²) < 4.78 is 1.11. The van der Waals surface area contributed by atoms with Gasteiger partial charge in [-0.1, -0.05) is 0 Å². The van der Waals surface area contributed by atoms with E-state index in [0.717, 1.165) is 4.57 Å². The predicted octanol–water partition coefficient (Wildman–Crippen LogP) is -0.377. The minimum Gasteiger partial charge on any atom is -0.329 e. The van der Waals surface area contributed by atoms with Crippen molar-refractivity contribution in [3.8, 4) is 0 Å². The number of rotatable bonds is 4. The van der Waals surface area contributed by atoms with Crippen LogP contribution < -0.4 is 16.6 Å². The van der Waals surface area contributed by atoms with Gasteiger partial charge in [-0.15, -0.1) is 11.3 Å². The SMILES string of the molecule is O=C(Nc1nccs1)C1CCCN1C(=O)Cn1ccc(=O)[nH]c1=O. The number of aromatic nitrogens is 3. The summed E-state index contributed by atoms with van der Waals surface area (Å²) in [7, 11) is 0. The third-order valence-corrected chi connectivity index (χ3v) is 4.43. The molecule has 2 amide bonds. The van der Waals surface area contributed by atoms with Gasteiger partial charge in [0.15, 0.2) is 5.13 Å². The van der Waals surface area contributed by atoms with E-state index in [1.54, 1.807) is 11.6 Å². The number of likely N-dealkylation sites (tertiary alicyclic amines) is 1. The highest BCUT2D eigenvalue weighted by Gasteiger charge is 2.34. The van der Waals surface area contributed by atoms with Gasteiger partial charge in [-0.25, -0.2) is 9.78 Å². The Morgan fingerprint density at radius 1 is 1.42 bits per heavy atom. The summed E-state index contributed by atoms with van der Waals surface area (Å²) in [6.45, 7) is 0.226. The topological polar surface area (TPSA) is 117 Å². The van der Waals surface area contributed by atoms with Gasteiger partial charge in [0.25, 0.3) is 5.56 Å². The van der Waals surface area contributed by atoms with E-state index >= 15 is 0 Å². The van der Waals surface area contributed by atoms with E-state index < -0.39 is 17.3 Å². The number of hydrogen-bond donors (Lipinski definition) is 2. The first kappa shape index (κ1) is 16.1. The molecule has 1 unspecified atom stereocenters. The Balaban J connectivity index is 1.70. The first-order valence-electron chi connectivity index (χ1n) is 7.34. The molecule has 2 aromatic heterocycles. The van der Waals surface area contributed by atoms with Gasteiger partial charge in [0.05, 0.1) is 0 Å². The third-order valence-electron chi connectivity index (χ3n) is 3.74. The lowest BCUT2D eigenvalue weighted by Crippen LogP contribution is -2.45. The average Bonchev–Trinajstić information content (AvgIpc) is 3.20. The van der Waals surface area contributed by atoms with E-state index in [1.807, 2.05) is 0 Å². The van der Waals surface area contributed by atoms with E-state index in [9.17, 15) is 19.2 Å². The fourth-order valence-corrected chi connectivity index (χ4v) is 3.15. The van der Waals surface area contributed by atoms with E-state index in [-0.39, 0.29) is 18.4 Å². The van der Waals surface area contributed by atoms with Crippen LogP contribution in [0.4, 0.5) is 5.13 Å². The van der Waals surface area contributed by atoms with Gasteiger partial charge < -0.3 is 10.2 Å². The van der Waals surface area contributed by atoms with Crippen molar-refractivity contribution in [2.75, 3.05) is 11.9 Å². The molecule has 9 nitrogen and oxygen atoms in total. The van der Waals surface area contributed by atoms with Crippen LogP contribution in [0.15, 0.2) is 33.4 Å². The van der Waals surface area contributed by atoms with Gasteiger partial charge in [0, 0.05) is 30.4 Å². The number of nitrogens with one attached hydrogen (secondary N) is 2. The molecule has 2 aromatic rings. The van der Waals surface area contributed by atoms with Crippen LogP contribution in [0.25, 0.3) is 0 Å². The molecule has 0 aromatic carbocycles. The zero-order valence-corrected chi connectivity index (χ0v) is 13.4. The molecule has 1 aliphatic rings. The minimum absolute atomic E-state index is 0.226. The molecule has 24 heavy (non-hydrogen) atoms. The quantitative estimate of drug-likeness (QED) is 0.780. The molecule has 2 N–H and O–H groups in total. The average molecular weight is 349 g/mol. The number of carbonyl (C=O) groups excluding carboxylic acids is 2. The molecule has 0 spiro atoms. The van der Waals surface area contributed by atoms with Crippen molar-refractivity contribution >= 4 is 28.3 Å². The maximum absolute atomic E-state index is 12.5. The summed E-state index contributed by atoms with van der Waals surface area (Å²) in [6.07, 6.45) is 4.12. The fraction of sp³-hybridized carbons (Fsp3) is 0.357. The number of H-pyrrole nitrogens is 1. The molecule has 3 heterocycles. The van der Waals surface area contributed by atoms with Crippen molar-refractivity contribution < 1.29 is 9.59 Å². The lowest BCUT2D eigenvalue weighted by Gasteiger charge is -2.23. The Hall–Kier alpha value is -2.75. The zero-order valence-electron chi connectivity index (χ0n) is 12.6. The van der Waals surface area contributed by atoms with Crippen LogP contribution in [-0.4, -0.2) is 43.8 Å². The number of nitrogens with zero attached hydrogens (tertiary/aromatic N) is 3. The van der Waals surface area contributed by atoms with Gasteiger partial charge in [-0.3, -0.25) is 23.9 Å². The van der Waals surface area contributed by atoms with E-state index in [2.05, 4.69) is 15.3 Å². The van der Waals surface area contributed by atoms with Crippen molar-refractivity contribution in [2.24, 2.45) is 0 Å². The minimum atomic E-state index is -0.654. The summed E-state index contributed by atoms with van der Waals surface area (Å²) in [6, 6.07) is 0.588. The van der Waals surface area contributed by atoms with Crippen LogP contribution >= 0.6 is 11.3 Å². The van der Waals surface area contributed by atoms with Crippen LogP contribution in [-0.2, 0) is 16.1 Å². The lowest BCUT2D eigenvalue weighted by atomic mass is 10.2. The number of hydrogen-bond acceptors (Lipinski definition) is 6. The van der Waals surface area contributed by atoms with Gasteiger partial charge in [-0.2, -0.15) is 0 Å². The van der Waals surface area contributed by atoms with Crippen molar-refractivity contribution in [1.82, 2.24) is 19.4 Å². The molecule has 0 bridgehead atoms. The highest BCUT2D eigenvalue weighted by atomic mass is 32.1. The monoisotopic (exact) mass is 349 g/mol. The first-order chi connectivity index (χ1) is 11.5. The van der Waals surface area contributed by atoms with Gasteiger partial charge in [-0.05, 0) is 12.8 Å². The van der Waals surface area contributed by atoms with Gasteiger partial charge in [0.2, 0.25) is 11.8 Å². The zero-order chi connectivity index (χ0) is 17.1. The maximum Gasteiger partial charge on any atom is 0.328 e. The first-order valence-corrected chi connectivity index (χ1v) is 8.22. The van der Waals surface area contributed by atoms with Crippen LogP contribution in [0.2, 0.25) is 0 Å². The summed E-state index contributed by atoms with van der Waals surface area (Å²) in [5.41, 5.74) is -1.18. The fourth-order valence-electron chi connectivity index (χ4n) is 2.62. The van der Waals surface area contributed by atoms with Crippen molar-refractivity contribution in [1.29, 1.82) is 0 Å². The van der Waals surface area contributed by atoms with Crippen LogP contribution in [0.5, 0.6) is 0 Å². The molecule has 126 valence electrons. The Kier molecular flexibility index (Phi) is 4.56. The number of carbonyl (C=O) groups is 2. The molecule has 1 saturated heterocycles. The molecule has 0 aliphatic carbocycles. The molecule has 0 radical (unpaired) electrons. The molecule has 1 fully saturated rings. The third kappa shape index (κ3) is 3.43. The maximum atomic E-state index is 12.5. The highest BCUT2D eigenvalue weighted by molar-refractivity contribution is 7.13. The van der Waals surface area contributed by atoms with Gasteiger partial charge >= 0.3 is 5.69 Å². The Labute approximate surface area is 140 Å². The predicted molar refractivity (Wildman–Crippen MR) is 86.8 cm³/mol. The number of aromatic amines is 1. The van der Waals surface area contributed by atoms with Crippen molar-refractivity contribution in [2.45, 2.75) is 25.4 Å². The second kappa shape index (κ2) is 6.79. The second-order valence-corrected chi connectivity index (χ2v) is 6.20. The summed E-state index contributed by atoms with van der Waals surface area (Å²) >= 11 is 1.30. The lowest BCUT2D eigenvalue weighted by molar-refractivity contribution is -0.137. The molecule has 0 saturated carbocycles. The normalized spacial score (nSPS) is 17.0. The number of anilines is 1. The van der Waals surface area contributed by atoms with Gasteiger partial charge in [0.1, 0.15) is 12.6 Å². The number of amides is 2. The van der Waals surface area contributed by atoms with Crippen LogP contribution in [0.1, 0.15) is 12.8 Å². The van der Waals surface area contributed by atoms with E-state index in [0.29, 0.717) is 24.5 Å². The van der Waals surface area contributed by atoms with E-state index in [1.165, 1.54) is 28.5 Å². The van der Waals surface area contributed by atoms with Crippen molar-refractivity contribution in [3.05, 3.63) is 44.7 Å². The van der Waals surface area contributed by atoms with Crippen LogP contribution in [0.3, 0.4) is 0 Å². The summed E-state index contributed by atoms with van der Waals surface area (Å²) in [4.78, 5) is 55.1. The largest absolute Gasteiger partial charge is 0.329 e. The second-order valence-electron chi connectivity index (χ2n) is 5.31. The highest BCUT2D eigenvalue weighted by Crippen LogP contribution is 2.20. The van der Waals surface area contributed by atoms with E-state index in [4.69, 9.17) is 0 Å². The molecular formula is C14H15N5O4S. The number of thiazole rings is 1. The summed E-state index contributed by atoms with van der Waals surface area (Å²) in [5, 5.41) is 4.92. The molecule has 1 aliphatic heterocycles. The Bertz CT molecular complexity index is 857. The summed E-state index contributed by atoms with van der Waals surface area (Å²) in [5.74, 6) is -0.634. The molecule has 3 rings (SSSR count).